The van der Waals surface area contributed by atoms with Crippen molar-refractivity contribution in [3.05, 3.63) is 30.1 Å². The maximum Gasteiger partial charge on any atom is 0.227 e. The van der Waals surface area contributed by atoms with Crippen LogP contribution in [0.15, 0.2) is 24.3 Å². The van der Waals surface area contributed by atoms with Crippen LogP contribution in [0.25, 0.3) is 11.0 Å². The number of amides is 1. The first kappa shape index (κ1) is 17.9. The van der Waals surface area contributed by atoms with E-state index in [1.54, 1.807) is 0 Å². The Kier molecular flexibility index (Phi) is 6.04. The quantitative estimate of drug-likeness (QED) is 0.672. The number of para-hydroxylation sites is 2. The minimum atomic E-state index is -0.185. The molecule has 1 aliphatic heterocycles. The van der Waals surface area contributed by atoms with E-state index >= 15 is 0 Å². The Balaban J connectivity index is 1.82. The second kappa shape index (κ2) is 8.45. The highest BCUT2D eigenvalue weighted by atomic mass is 16.5. The van der Waals surface area contributed by atoms with Crippen LogP contribution in [-0.4, -0.2) is 39.1 Å². The van der Waals surface area contributed by atoms with Crippen LogP contribution in [0.1, 0.15) is 57.3 Å². The number of aromatic amines is 1. The summed E-state index contributed by atoms with van der Waals surface area (Å²) in [5.41, 5.74) is 4.15. The average Bonchev–Trinajstić information content (AvgIpc) is 3.08. The first-order chi connectivity index (χ1) is 12.2. The summed E-state index contributed by atoms with van der Waals surface area (Å²) in [7, 11) is 0. The summed E-state index contributed by atoms with van der Waals surface area (Å²) < 4.78 is 0. The molecule has 3 N–H and O–H groups in total. The van der Waals surface area contributed by atoms with Gasteiger partial charge in [-0.3, -0.25) is 4.79 Å². The van der Waals surface area contributed by atoms with Gasteiger partial charge in [0.25, 0.3) is 0 Å². The van der Waals surface area contributed by atoms with E-state index in [1.165, 1.54) is 0 Å². The monoisotopic (exact) mass is 344 g/mol. The number of rotatable bonds is 7. The van der Waals surface area contributed by atoms with E-state index in [-0.39, 0.29) is 17.9 Å². The molecule has 0 unspecified atom stereocenters. The van der Waals surface area contributed by atoms with Crippen molar-refractivity contribution in [1.82, 2.24) is 20.3 Å². The van der Waals surface area contributed by atoms with Crippen LogP contribution in [0.2, 0.25) is 0 Å². The number of hydroxylamine groups is 1. The number of fused-ring (bicyclic) bond motifs is 1. The Morgan fingerprint density at radius 2 is 2.28 bits per heavy atom. The van der Waals surface area contributed by atoms with E-state index < -0.39 is 0 Å². The predicted molar refractivity (Wildman–Crippen MR) is 97.2 cm³/mol. The van der Waals surface area contributed by atoms with Gasteiger partial charge < -0.3 is 15.1 Å². The lowest BCUT2D eigenvalue weighted by Crippen LogP contribution is -2.44. The van der Waals surface area contributed by atoms with E-state index in [4.69, 9.17) is 10.2 Å². The number of H-pyrrole nitrogens is 1. The normalized spacial score (nSPS) is 19.3. The predicted octanol–water partition coefficient (Wildman–Crippen LogP) is 3.40. The fourth-order valence-electron chi connectivity index (χ4n) is 3.72. The van der Waals surface area contributed by atoms with Crippen LogP contribution in [-0.2, 0) is 4.79 Å². The molecule has 0 saturated carbocycles. The van der Waals surface area contributed by atoms with Crippen molar-refractivity contribution in [3.63, 3.8) is 0 Å². The van der Waals surface area contributed by atoms with E-state index in [1.807, 2.05) is 29.2 Å². The highest BCUT2D eigenvalue weighted by Gasteiger charge is 2.33. The first-order valence-electron chi connectivity index (χ1n) is 9.36. The van der Waals surface area contributed by atoms with Gasteiger partial charge in [0.15, 0.2) is 0 Å². The Hall–Kier alpha value is -1.92. The van der Waals surface area contributed by atoms with Gasteiger partial charge in [0.2, 0.25) is 5.91 Å². The molecule has 2 heterocycles. The van der Waals surface area contributed by atoms with Gasteiger partial charge in [-0.15, -0.1) is 0 Å². The maximum absolute atomic E-state index is 13.1. The fraction of sp³-hybridized carbons (Fsp3) is 0.579. The number of hydrogen-bond acceptors (Lipinski definition) is 4. The molecule has 0 radical (unpaired) electrons. The van der Waals surface area contributed by atoms with Crippen LogP contribution < -0.4 is 5.48 Å². The van der Waals surface area contributed by atoms with Gasteiger partial charge in [-0.25, -0.2) is 10.5 Å². The molecule has 2 aromatic rings. The molecule has 1 aliphatic rings. The van der Waals surface area contributed by atoms with Crippen molar-refractivity contribution < 1.29 is 10.0 Å². The summed E-state index contributed by atoms with van der Waals surface area (Å²) in [6, 6.07) is 7.97. The number of nitrogens with one attached hydrogen (secondary N) is 2. The van der Waals surface area contributed by atoms with Gasteiger partial charge >= 0.3 is 0 Å². The number of benzene rings is 1. The molecule has 0 bridgehead atoms. The SMILES string of the molecule is CCCC[C@H](CNO)C(=O)N1CCCC[C@H]1c1nc2ccccc2[nH]1. The molecule has 1 saturated heterocycles. The Bertz CT molecular complexity index is 667. The van der Waals surface area contributed by atoms with Crippen molar-refractivity contribution in [2.45, 2.75) is 51.5 Å². The lowest BCUT2D eigenvalue weighted by atomic mass is 9.95. The summed E-state index contributed by atoms with van der Waals surface area (Å²) in [6.45, 7) is 3.18. The van der Waals surface area contributed by atoms with Gasteiger partial charge in [0, 0.05) is 13.1 Å². The highest BCUT2D eigenvalue weighted by Crippen LogP contribution is 2.32. The van der Waals surface area contributed by atoms with E-state index in [0.29, 0.717) is 6.54 Å². The number of aromatic nitrogens is 2. The molecule has 1 aromatic heterocycles. The number of nitrogens with zero attached hydrogens (tertiary/aromatic N) is 2. The van der Waals surface area contributed by atoms with Gasteiger partial charge in [0.05, 0.1) is 23.0 Å². The molecular weight excluding hydrogens is 316 g/mol. The second-order valence-corrected chi connectivity index (χ2v) is 6.88. The van der Waals surface area contributed by atoms with Crippen LogP contribution in [0, 0.1) is 5.92 Å². The third kappa shape index (κ3) is 4.02. The van der Waals surface area contributed by atoms with E-state index in [0.717, 1.165) is 61.9 Å². The van der Waals surface area contributed by atoms with Crippen LogP contribution >= 0.6 is 0 Å². The first-order valence-corrected chi connectivity index (χ1v) is 9.36. The third-order valence-corrected chi connectivity index (χ3v) is 5.10. The summed E-state index contributed by atoms with van der Waals surface area (Å²) in [6.07, 6.45) is 5.88. The molecule has 6 heteroatoms. The minimum absolute atomic E-state index is 0.00327. The molecule has 3 rings (SSSR count). The molecule has 1 aromatic carbocycles. The van der Waals surface area contributed by atoms with Crippen molar-refractivity contribution >= 4 is 16.9 Å². The van der Waals surface area contributed by atoms with E-state index in [9.17, 15) is 4.79 Å². The summed E-state index contributed by atoms with van der Waals surface area (Å²) >= 11 is 0. The van der Waals surface area contributed by atoms with Gasteiger partial charge in [-0.1, -0.05) is 31.9 Å². The number of hydrogen-bond donors (Lipinski definition) is 3. The number of carbonyl (C=O) groups is 1. The summed E-state index contributed by atoms with van der Waals surface area (Å²) in [5, 5.41) is 9.12. The average molecular weight is 344 g/mol. The van der Waals surface area contributed by atoms with Gasteiger partial charge in [-0.2, -0.15) is 0 Å². The molecule has 25 heavy (non-hydrogen) atoms. The van der Waals surface area contributed by atoms with Gasteiger partial charge in [0.1, 0.15) is 5.82 Å². The number of piperidine rings is 1. The molecular formula is C19H28N4O2. The number of unbranched alkanes of at least 4 members (excludes halogenated alkanes) is 1. The van der Waals surface area contributed by atoms with Crippen molar-refractivity contribution in [3.8, 4) is 0 Å². The largest absolute Gasteiger partial charge is 0.340 e. The lowest BCUT2D eigenvalue weighted by molar-refractivity contribution is -0.140. The number of likely N-dealkylation sites (tertiary alicyclic amines) is 1. The molecule has 0 aliphatic carbocycles. The standard InChI is InChI=1S/C19H28N4O2/c1-2-3-8-14(13-20-25)19(24)23-12-7-6-11-17(23)18-21-15-9-4-5-10-16(15)22-18/h4-5,9-10,14,17,20,25H,2-3,6-8,11-13H2,1H3,(H,21,22)/t14-,17+/m1/s1. The van der Waals surface area contributed by atoms with Crippen LogP contribution in [0.4, 0.5) is 0 Å². The smallest absolute Gasteiger partial charge is 0.227 e. The Morgan fingerprint density at radius 3 is 3.04 bits per heavy atom. The molecule has 1 amide bonds. The number of imidazole rings is 1. The van der Waals surface area contributed by atoms with Crippen molar-refractivity contribution in [2.75, 3.05) is 13.1 Å². The zero-order valence-electron chi connectivity index (χ0n) is 14.9. The van der Waals surface area contributed by atoms with Crippen LogP contribution in [0.5, 0.6) is 0 Å². The third-order valence-electron chi connectivity index (χ3n) is 5.10. The highest BCUT2D eigenvalue weighted by molar-refractivity contribution is 5.80. The van der Waals surface area contributed by atoms with E-state index in [2.05, 4.69) is 17.4 Å². The second-order valence-electron chi connectivity index (χ2n) is 6.88. The fourth-order valence-corrected chi connectivity index (χ4v) is 3.72. The summed E-state index contributed by atoms with van der Waals surface area (Å²) in [5.74, 6) is 0.815. The molecule has 2 atom stereocenters. The number of carbonyl (C=O) groups excluding carboxylic acids is 1. The van der Waals surface area contributed by atoms with Crippen molar-refractivity contribution in [2.24, 2.45) is 5.92 Å². The maximum atomic E-state index is 13.1. The van der Waals surface area contributed by atoms with Gasteiger partial charge in [-0.05, 0) is 37.8 Å². The topological polar surface area (TPSA) is 81.2 Å². The Labute approximate surface area is 148 Å². The summed E-state index contributed by atoms with van der Waals surface area (Å²) in [4.78, 5) is 23.2. The minimum Gasteiger partial charge on any atom is -0.340 e. The Morgan fingerprint density at radius 1 is 1.44 bits per heavy atom. The zero-order valence-corrected chi connectivity index (χ0v) is 14.9. The van der Waals surface area contributed by atoms with Crippen molar-refractivity contribution in [1.29, 1.82) is 0 Å². The zero-order chi connectivity index (χ0) is 17.6. The molecule has 136 valence electrons. The lowest BCUT2D eigenvalue weighted by Gasteiger charge is -2.36. The van der Waals surface area contributed by atoms with Crippen LogP contribution in [0.3, 0.4) is 0 Å². The molecule has 6 nitrogen and oxygen atoms in total. The molecule has 1 fully saturated rings. The molecule has 0 spiro atoms.